The normalized spacial score (nSPS) is 19.1. The molecule has 1 aromatic heterocycles. The van der Waals surface area contributed by atoms with Gasteiger partial charge in [-0.3, -0.25) is 9.59 Å². The molecule has 0 saturated carbocycles. The Morgan fingerprint density at radius 1 is 1.17 bits per heavy atom. The number of aryl methyl sites for hydroxylation is 2. The number of fused-ring (bicyclic) bond motifs is 1. The number of amides is 2. The van der Waals surface area contributed by atoms with Crippen molar-refractivity contribution in [2.45, 2.75) is 52.4 Å². The molecule has 154 valence electrons. The highest BCUT2D eigenvalue weighted by Crippen LogP contribution is 2.30. The third-order valence-electron chi connectivity index (χ3n) is 5.98. The summed E-state index contributed by atoms with van der Waals surface area (Å²) in [5, 5.41) is 5.63. The van der Waals surface area contributed by atoms with Crippen LogP contribution in [0, 0.1) is 11.8 Å². The first kappa shape index (κ1) is 20.1. The van der Waals surface area contributed by atoms with E-state index >= 15 is 0 Å². The number of nitrogens with one attached hydrogen (secondary N) is 1. The van der Waals surface area contributed by atoms with Crippen LogP contribution in [0.15, 0.2) is 23.6 Å². The van der Waals surface area contributed by atoms with E-state index in [9.17, 15) is 9.59 Å². The van der Waals surface area contributed by atoms with Gasteiger partial charge in [0.1, 0.15) is 0 Å². The predicted molar refractivity (Wildman–Crippen MR) is 117 cm³/mol. The molecule has 1 saturated heterocycles. The lowest BCUT2D eigenvalue weighted by atomic mass is 9.90. The minimum absolute atomic E-state index is 0.0300. The van der Waals surface area contributed by atoms with Crippen LogP contribution in [0.25, 0.3) is 11.3 Å². The van der Waals surface area contributed by atoms with E-state index in [0.29, 0.717) is 11.7 Å². The average molecular weight is 412 g/mol. The number of rotatable bonds is 4. The number of carbonyl (C=O) groups is 2. The molecule has 2 aliphatic rings. The van der Waals surface area contributed by atoms with E-state index in [1.54, 1.807) is 0 Å². The molecule has 0 radical (unpaired) electrons. The van der Waals surface area contributed by atoms with Gasteiger partial charge in [0, 0.05) is 30.0 Å². The van der Waals surface area contributed by atoms with E-state index in [1.165, 1.54) is 41.7 Å². The van der Waals surface area contributed by atoms with Gasteiger partial charge in [-0.1, -0.05) is 26.0 Å². The van der Waals surface area contributed by atoms with Crippen molar-refractivity contribution in [3.05, 3.63) is 34.7 Å². The van der Waals surface area contributed by atoms with Crippen molar-refractivity contribution in [3.8, 4) is 11.3 Å². The van der Waals surface area contributed by atoms with Gasteiger partial charge in [0.25, 0.3) is 0 Å². The van der Waals surface area contributed by atoms with Crippen LogP contribution in [0.2, 0.25) is 0 Å². The van der Waals surface area contributed by atoms with E-state index in [4.69, 9.17) is 0 Å². The molecule has 1 aliphatic heterocycles. The highest BCUT2D eigenvalue weighted by Gasteiger charge is 2.29. The molecule has 29 heavy (non-hydrogen) atoms. The van der Waals surface area contributed by atoms with Gasteiger partial charge in [-0.05, 0) is 55.7 Å². The number of hydrogen-bond acceptors (Lipinski definition) is 4. The quantitative estimate of drug-likeness (QED) is 0.804. The number of anilines is 1. The fraction of sp³-hybridized carbons (Fsp3) is 0.522. The molecule has 0 bridgehead atoms. The number of thiazole rings is 1. The van der Waals surface area contributed by atoms with Crippen LogP contribution in [-0.4, -0.2) is 34.8 Å². The Bertz CT molecular complexity index is 905. The summed E-state index contributed by atoms with van der Waals surface area (Å²) in [6.07, 6.45) is 6.54. The lowest BCUT2D eigenvalue weighted by Crippen LogP contribution is -2.45. The first-order valence-corrected chi connectivity index (χ1v) is 11.6. The minimum atomic E-state index is -0.164. The summed E-state index contributed by atoms with van der Waals surface area (Å²) in [4.78, 5) is 31.5. The van der Waals surface area contributed by atoms with Crippen LogP contribution in [0.5, 0.6) is 0 Å². The Morgan fingerprint density at radius 3 is 2.76 bits per heavy atom. The Labute approximate surface area is 176 Å². The van der Waals surface area contributed by atoms with E-state index < -0.39 is 0 Å². The number of benzene rings is 1. The van der Waals surface area contributed by atoms with Crippen LogP contribution in [0.3, 0.4) is 0 Å². The van der Waals surface area contributed by atoms with Crippen molar-refractivity contribution in [1.29, 1.82) is 0 Å². The second kappa shape index (κ2) is 8.66. The predicted octanol–water partition coefficient (Wildman–Crippen LogP) is 4.52. The fourth-order valence-corrected chi connectivity index (χ4v) is 5.04. The lowest BCUT2D eigenvalue weighted by Gasteiger charge is -2.33. The second-order valence-electron chi connectivity index (χ2n) is 8.50. The number of nitrogens with zero attached hydrogens (tertiary/aromatic N) is 2. The zero-order chi connectivity index (χ0) is 20.4. The van der Waals surface area contributed by atoms with Crippen molar-refractivity contribution >= 4 is 28.3 Å². The molecule has 1 fully saturated rings. The van der Waals surface area contributed by atoms with E-state index in [1.807, 2.05) is 24.1 Å². The molecule has 0 spiro atoms. The molecule has 6 heteroatoms. The highest BCUT2D eigenvalue weighted by atomic mass is 32.1. The van der Waals surface area contributed by atoms with Crippen molar-refractivity contribution in [2.24, 2.45) is 11.8 Å². The van der Waals surface area contributed by atoms with Crippen molar-refractivity contribution in [2.75, 3.05) is 18.4 Å². The van der Waals surface area contributed by atoms with Gasteiger partial charge in [0.15, 0.2) is 5.13 Å². The van der Waals surface area contributed by atoms with Gasteiger partial charge in [-0.15, -0.1) is 11.3 Å². The van der Waals surface area contributed by atoms with Crippen molar-refractivity contribution in [1.82, 2.24) is 9.88 Å². The molecule has 1 aliphatic carbocycles. The van der Waals surface area contributed by atoms with Crippen molar-refractivity contribution in [3.63, 3.8) is 0 Å². The average Bonchev–Trinajstić information content (AvgIpc) is 3.21. The van der Waals surface area contributed by atoms with Crippen LogP contribution in [0.4, 0.5) is 5.13 Å². The molecule has 1 aromatic carbocycles. The Hall–Kier alpha value is -2.21. The topological polar surface area (TPSA) is 62.3 Å². The summed E-state index contributed by atoms with van der Waals surface area (Å²) in [7, 11) is 0. The molecule has 5 nitrogen and oxygen atoms in total. The third-order valence-corrected chi connectivity index (χ3v) is 6.73. The van der Waals surface area contributed by atoms with Crippen LogP contribution < -0.4 is 5.32 Å². The SMILES string of the molecule is CC(C)C(=O)N1CCC[C@@H](C(=O)Nc2nc(-c3ccc4c(c3)CCCC4)cs2)C1. The first-order chi connectivity index (χ1) is 14.0. The Kier molecular flexibility index (Phi) is 5.99. The maximum absolute atomic E-state index is 12.8. The maximum atomic E-state index is 12.8. The molecule has 2 amide bonds. The fourth-order valence-electron chi connectivity index (χ4n) is 4.32. The van der Waals surface area contributed by atoms with Gasteiger partial charge in [0.05, 0.1) is 11.6 Å². The summed E-state index contributed by atoms with van der Waals surface area (Å²) in [5.74, 6) is -0.0958. The second-order valence-corrected chi connectivity index (χ2v) is 9.35. The summed E-state index contributed by atoms with van der Waals surface area (Å²) in [6.45, 7) is 5.07. The largest absolute Gasteiger partial charge is 0.342 e. The molecule has 2 aromatic rings. The van der Waals surface area contributed by atoms with Crippen LogP contribution in [-0.2, 0) is 22.4 Å². The molecule has 0 unspecified atom stereocenters. The lowest BCUT2D eigenvalue weighted by molar-refractivity contribution is -0.137. The molecular formula is C23H29N3O2S. The number of hydrogen-bond donors (Lipinski definition) is 1. The van der Waals surface area contributed by atoms with Crippen LogP contribution >= 0.6 is 11.3 Å². The summed E-state index contributed by atoms with van der Waals surface area (Å²) in [5.41, 5.74) is 4.93. The zero-order valence-electron chi connectivity index (χ0n) is 17.2. The molecular weight excluding hydrogens is 382 g/mol. The van der Waals surface area contributed by atoms with Crippen molar-refractivity contribution < 1.29 is 9.59 Å². The van der Waals surface area contributed by atoms with E-state index in [-0.39, 0.29) is 23.7 Å². The molecule has 1 atom stereocenters. The monoisotopic (exact) mass is 411 g/mol. The number of piperidine rings is 1. The van der Waals surface area contributed by atoms with Gasteiger partial charge in [0.2, 0.25) is 11.8 Å². The van der Waals surface area contributed by atoms with Gasteiger partial charge in [-0.2, -0.15) is 0 Å². The Balaban J connectivity index is 1.41. The van der Waals surface area contributed by atoms with Gasteiger partial charge >= 0.3 is 0 Å². The summed E-state index contributed by atoms with van der Waals surface area (Å²) in [6, 6.07) is 6.62. The number of likely N-dealkylation sites (tertiary alicyclic amines) is 1. The standard InChI is InChI=1S/C23H29N3O2S/c1-15(2)22(28)26-11-5-8-19(13-26)21(27)25-23-24-20(14-29-23)18-10-9-16-6-3-4-7-17(16)12-18/h9-10,12,14-15,19H,3-8,11,13H2,1-2H3,(H,24,25,27)/t19-/m1/s1. The number of aromatic nitrogens is 1. The first-order valence-electron chi connectivity index (χ1n) is 10.7. The highest BCUT2D eigenvalue weighted by molar-refractivity contribution is 7.14. The molecule has 1 N–H and O–H groups in total. The van der Waals surface area contributed by atoms with E-state index in [2.05, 4.69) is 28.5 Å². The third kappa shape index (κ3) is 4.53. The Morgan fingerprint density at radius 2 is 1.97 bits per heavy atom. The molecule has 4 rings (SSSR count). The smallest absolute Gasteiger partial charge is 0.231 e. The van der Waals surface area contributed by atoms with E-state index in [0.717, 1.165) is 37.1 Å². The minimum Gasteiger partial charge on any atom is -0.342 e. The molecule has 2 heterocycles. The van der Waals surface area contributed by atoms with Gasteiger partial charge < -0.3 is 10.2 Å². The van der Waals surface area contributed by atoms with Gasteiger partial charge in [-0.25, -0.2) is 4.98 Å². The maximum Gasteiger partial charge on any atom is 0.231 e. The summed E-state index contributed by atoms with van der Waals surface area (Å²) >= 11 is 1.46. The van der Waals surface area contributed by atoms with Crippen LogP contribution in [0.1, 0.15) is 50.7 Å². The number of carbonyl (C=O) groups excluding carboxylic acids is 2. The zero-order valence-corrected chi connectivity index (χ0v) is 18.1. The summed E-state index contributed by atoms with van der Waals surface area (Å²) < 4.78 is 0.